The zero-order valence-corrected chi connectivity index (χ0v) is 13.8. The van der Waals surface area contributed by atoms with Gasteiger partial charge in [-0.2, -0.15) is 11.8 Å². The molecule has 1 atom stereocenters. The van der Waals surface area contributed by atoms with Gasteiger partial charge in [-0.3, -0.25) is 4.90 Å². The second kappa shape index (κ2) is 7.88. The van der Waals surface area contributed by atoms with Crippen LogP contribution in [-0.2, 0) is 0 Å². The van der Waals surface area contributed by atoms with Crippen molar-refractivity contribution in [1.29, 1.82) is 0 Å². The van der Waals surface area contributed by atoms with Crippen LogP contribution in [0, 0.1) is 5.92 Å². The first-order valence-electron chi connectivity index (χ1n) is 8.23. The van der Waals surface area contributed by atoms with E-state index in [-0.39, 0.29) is 6.03 Å². The van der Waals surface area contributed by atoms with Crippen LogP contribution >= 0.6 is 11.8 Å². The molecule has 2 N–H and O–H groups in total. The minimum absolute atomic E-state index is 0.0965. The Bertz CT molecular complexity index is 468. The van der Waals surface area contributed by atoms with E-state index in [9.17, 15) is 4.79 Å². The molecule has 0 radical (unpaired) electrons. The number of thioether (sulfide) groups is 1. The molecule has 1 aromatic carbocycles. The van der Waals surface area contributed by atoms with E-state index >= 15 is 0 Å². The Balaban J connectivity index is 1.35. The quantitative estimate of drug-likeness (QED) is 0.896. The van der Waals surface area contributed by atoms with Crippen LogP contribution in [0.25, 0.3) is 0 Å². The molecule has 2 fully saturated rings. The third kappa shape index (κ3) is 4.40. The molecule has 0 bridgehead atoms. The van der Waals surface area contributed by atoms with E-state index in [1.807, 2.05) is 30.3 Å². The SMILES string of the molecule is O=C(NCC1CCN([C@H]2CCSC2)CC1)Nc1ccccc1. The molecule has 5 heteroatoms. The van der Waals surface area contributed by atoms with Gasteiger partial charge in [0.1, 0.15) is 0 Å². The molecule has 1 aromatic rings. The molecule has 120 valence electrons. The van der Waals surface area contributed by atoms with Gasteiger partial charge >= 0.3 is 6.03 Å². The number of carbonyl (C=O) groups excluding carboxylic acids is 1. The largest absolute Gasteiger partial charge is 0.338 e. The van der Waals surface area contributed by atoms with Crippen LogP contribution in [-0.4, -0.2) is 48.1 Å². The maximum Gasteiger partial charge on any atom is 0.319 e. The van der Waals surface area contributed by atoms with Crippen molar-refractivity contribution in [3.8, 4) is 0 Å². The van der Waals surface area contributed by atoms with Crippen molar-refractivity contribution < 1.29 is 4.79 Å². The summed E-state index contributed by atoms with van der Waals surface area (Å²) in [7, 11) is 0. The highest BCUT2D eigenvalue weighted by Gasteiger charge is 2.27. The van der Waals surface area contributed by atoms with Gasteiger partial charge in [0.05, 0.1) is 0 Å². The number of carbonyl (C=O) groups is 1. The molecule has 2 aliphatic rings. The second-order valence-corrected chi connectivity index (χ2v) is 7.35. The van der Waals surface area contributed by atoms with Crippen LogP contribution in [0.3, 0.4) is 0 Å². The topological polar surface area (TPSA) is 44.4 Å². The highest BCUT2D eigenvalue weighted by molar-refractivity contribution is 7.99. The average molecular weight is 319 g/mol. The molecule has 0 spiro atoms. The monoisotopic (exact) mass is 319 g/mol. The summed E-state index contributed by atoms with van der Waals surface area (Å²) in [5, 5.41) is 5.88. The van der Waals surface area contributed by atoms with Crippen molar-refractivity contribution in [3.63, 3.8) is 0 Å². The third-order valence-corrected chi connectivity index (χ3v) is 5.80. The molecule has 2 heterocycles. The standard InChI is InChI=1S/C17H25N3OS/c21-17(19-15-4-2-1-3-5-15)18-12-14-6-9-20(10-7-14)16-8-11-22-13-16/h1-5,14,16H,6-13H2,(H2,18,19,21)/t16-/m0/s1. The molecule has 22 heavy (non-hydrogen) atoms. The van der Waals surface area contributed by atoms with E-state index in [0.29, 0.717) is 5.92 Å². The lowest BCUT2D eigenvalue weighted by atomic mass is 9.95. The Labute approximate surface area is 137 Å². The normalized spacial score (nSPS) is 23.4. The van der Waals surface area contributed by atoms with E-state index < -0.39 is 0 Å². The van der Waals surface area contributed by atoms with Crippen LogP contribution in [0.1, 0.15) is 19.3 Å². The molecular formula is C17H25N3OS. The van der Waals surface area contributed by atoms with E-state index in [4.69, 9.17) is 0 Å². The fourth-order valence-electron chi connectivity index (χ4n) is 3.27. The maximum absolute atomic E-state index is 11.9. The smallest absolute Gasteiger partial charge is 0.319 e. The van der Waals surface area contributed by atoms with Gasteiger partial charge in [-0.05, 0) is 56.2 Å². The lowest BCUT2D eigenvalue weighted by Gasteiger charge is -2.35. The minimum atomic E-state index is -0.0965. The van der Waals surface area contributed by atoms with Crippen molar-refractivity contribution in [2.45, 2.75) is 25.3 Å². The fourth-order valence-corrected chi connectivity index (χ4v) is 4.52. The van der Waals surface area contributed by atoms with E-state index in [1.165, 1.54) is 43.9 Å². The molecule has 2 amide bonds. The van der Waals surface area contributed by atoms with E-state index in [2.05, 4.69) is 27.3 Å². The number of para-hydroxylation sites is 1. The lowest BCUT2D eigenvalue weighted by molar-refractivity contribution is 0.143. The van der Waals surface area contributed by atoms with Gasteiger partial charge in [0.15, 0.2) is 0 Å². The minimum Gasteiger partial charge on any atom is -0.338 e. The van der Waals surface area contributed by atoms with Crippen LogP contribution in [0.15, 0.2) is 30.3 Å². The molecule has 3 rings (SSSR count). The van der Waals surface area contributed by atoms with Gasteiger partial charge in [0, 0.05) is 24.0 Å². The third-order valence-electron chi connectivity index (χ3n) is 4.65. The lowest BCUT2D eigenvalue weighted by Crippen LogP contribution is -2.44. The summed E-state index contributed by atoms with van der Waals surface area (Å²) in [4.78, 5) is 14.5. The first-order chi connectivity index (χ1) is 10.8. The van der Waals surface area contributed by atoms with Gasteiger partial charge in [0.25, 0.3) is 0 Å². The van der Waals surface area contributed by atoms with E-state index in [1.54, 1.807) is 0 Å². The first-order valence-corrected chi connectivity index (χ1v) is 9.38. The molecule has 0 aromatic heterocycles. The summed E-state index contributed by atoms with van der Waals surface area (Å²) >= 11 is 2.08. The van der Waals surface area contributed by atoms with E-state index in [0.717, 1.165) is 18.3 Å². The second-order valence-electron chi connectivity index (χ2n) is 6.20. The van der Waals surface area contributed by atoms with Crippen molar-refractivity contribution in [3.05, 3.63) is 30.3 Å². The zero-order valence-electron chi connectivity index (χ0n) is 13.0. The number of hydrogen-bond acceptors (Lipinski definition) is 3. The molecular weight excluding hydrogens is 294 g/mol. The average Bonchev–Trinajstić information content (AvgIpc) is 3.09. The highest BCUT2D eigenvalue weighted by atomic mass is 32.2. The van der Waals surface area contributed by atoms with Gasteiger partial charge in [-0.1, -0.05) is 18.2 Å². The fraction of sp³-hybridized carbons (Fsp3) is 0.588. The number of likely N-dealkylation sites (tertiary alicyclic amines) is 1. The Kier molecular flexibility index (Phi) is 5.62. The number of anilines is 1. The van der Waals surface area contributed by atoms with Gasteiger partial charge in [-0.25, -0.2) is 4.79 Å². The summed E-state index contributed by atoms with van der Waals surface area (Å²) < 4.78 is 0. The van der Waals surface area contributed by atoms with Gasteiger partial charge < -0.3 is 10.6 Å². The number of urea groups is 1. The van der Waals surface area contributed by atoms with Crippen LogP contribution in [0.5, 0.6) is 0 Å². The zero-order chi connectivity index (χ0) is 15.2. The Morgan fingerprint density at radius 2 is 1.95 bits per heavy atom. The summed E-state index contributed by atoms with van der Waals surface area (Å²) in [5.74, 6) is 3.25. The summed E-state index contributed by atoms with van der Waals surface area (Å²) in [5.41, 5.74) is 0.841. The predicted molar refractivity (Wildman–Crippen MR) is 93.5 cm³/mol. The molecule has 0 unspecified atom stereocenters. The molecule has 2 aliphatic heterocycles. The molecule has 4 nitrogen and oxygen atoms in total. The van der Waals surface area contributed by atoms with Crippen molar-refractivity contribution in [1.82, 2.24) is 10.2 Å². The number of nitrogens with zero attached hydrogens (tertiary/aromatic N) is 1. The van der Waals surface area contributed by atoms with Crippen molar-refractivity contribution >= 4 is 23.5 Å². The summed E-state index contributed by atoms with van der Waals surface area (Å²) in [6, 6.07) is 10.3. The molecule has 0 aliphatic carbocycles. The number of benzene rings is 1. The van der Waals surface area contributed by atoms with Crippen LogP contribution in [0.2, 0.25) is 0 Å². The van der Waals surface area contributed by atoms with Crippen LogP contribution in [0.4, 0.5) is 10.5 Å². The molecule has 2 saturated heterocycles. The van der Waals surface area contributed by atoms with Gasteiger partial charge in [0.2, 0.25) is 0 Å². The number of amides is 2. The predicted octanol–water partition coefficient (Wildman–Crippen LogP) is 3.03. The maximum atomic E-state index is 11.9. The molecule has 0 saturated carbocycles. The Morgan fingerprint density at radius 3 is 2.64 bits per heavy atom. The number of hydrogen-bond donors (Lipinski definition) is 2. The number of nitrogens with one attached hydrogen (secondary N) is 2. The number of piperidine rings is 1. The first kappa shape index (κ1) is 15.7. The summed E-state index contributed by atoms with van der Waals surface area (Å²) in [6.07, 6.45) is 3.76. The van der Waals surface area contributed by atoms with Crippen LogP contribution < -0.4 is 10.6 Å². The van der Waals surface area contributed by atoms with Crippen molar-refractivity contribution in [2.24, 2.45) is 5.92 Å². The van der Waals surface area contributed by atoms with Gasteiger partial charge in [-0.15, -0.1) is 0 Å². The number of rotatable bonds is 4. The highest BCUT2D eigenvalue weighted by Crippen LogP contribution is 2.26. The van der Waals surface area contributed by atoms with Crippen molar-refractivity contribution in [2.75, 3.05) is 36.5 Å². The Hall–Kier alpha value is -1.20. The Morgan fingerprint density at radius 1 is 1.18 bits per heavy atom. The summed E-state index contributed by atoms with van der Waals surface area (Å²) in [6.45, 7) is 3.17.